The highest BCUT2D eigenvalue weighted by Crippen LogP contribution is 2.42. The number of H-pyrrole nitrogens is 1. The summed E-state index contributed by atoms with van der Waals surface area (Å²) in [7, 11) is 0. The number of aromatic nitrogens is 2. The van der Waals surface area contributed by atoms with Crippen molar-refractivity contribution < 1.29 is 29.3 Å². The predicted molar refractivity (Wildman–Crippen MR) is 205 cm³/mol. The number of benzene rings is 4. The number of para-hydroxylation sites is 2. The van der Waals surface area contributed by atoms with Gasteiger partial charge in [-0.3, -0.25) is 14.2 Å². The highest BCUT2D eigenvalue weighted by Gasteiger charge is 2.39. The minimum absolute atomic E-state index is 0.0228. The van der Waals surface area contributed by atoms with E-state index in [2.05, 4.69) is 22.1 Å². The van der Waals surface area contributed by atoms with Crippen molar-refractivity contribution >= 4 is 22.9 Å². The molecule has 11 nitrogen and oxygen atoms in total. The fourth-order valence-corrected chi connectivity index (χ4v) is 7.84. The van der Waals surface area contributed by atoms with E-state index in [1.807, 2.05) is 102 Å². The summed E-state index contributed by atoms with van der Waals surface area (Å²) < 4.78 is 15.5. The Balaban J connectivity index is 1.06. The van der Waals surface area contributed by atoms with Crippen molar-refractivity contribution in [3.8, 4) is 11.1 Å². The van der Waals surface area contributed by atoms with Crippen LogP contribution in [0.1, 0.15) is 79.7 Å². The summed E-state index contributed by atoms with van der Waals surface area (Å²) in [6.07, 6.45) is 1.21. The Labute approximate surface area is 314 Å². The summed E-state index contributed by atoms with van der Waals surface area (Å²) >= 11 is 0. The van der Waals surface area contributed by atoms with Crippen molar-refractivity contribution in [1.29, 1.82) is 0 Å². The molecular formula is C43H48N4O7. The average Bonchev–Trinajstić information content (AvgIpc) is 3.54. The van der Waals surface area contributed by atoms with Crippen LogP contribution in [-0.2, 0) is 32.2 Å². The lowest BCUT2D eigenvalue weighted by Crippen LogP contribution is -2.47. The molecule has 4 aromatic carbocycles. The van der Waals surface area contributed by atoms with Gasteiger partial charge in [0.05, 0.1) is 29.8 Å². The number of nitrogens with zero attached hydrogens (tertiary/aromatic N) is 2. The Morgan fingerprint density at radius 2 is 1.57 bits per heavy atom. The molecule has 2 aliphatic heterocycles. The summed E-state index contributed by atoms with van der Waals surface area (Å²) in [5.41, 5.74) is 7.48. The summed E-state index contributed by atoms with van der Waals surface area (Å²) in [6, 6.07) is 32.0. The van der Waals surface area contributed by atoms with Gasteiger partial charge >= 0.3 is 11.7 Å². The number of likely N-dealkylation sites (tertiary alicyclic amines) is 1. The fraction of sp³-hybridized carbons (Fsp3) is 0.372. The van der Waals surface area contributed by atoms with Crippen LogP contribution >= 0.6 is 0 Å². The third-order valence-corrected chi connectivity index (χ3v) is 10.9. The number of carbonyl (C=O) groups excluding carboxylic acids is 1. The minimum Gasteiger partial charge on any atom is -0.481 e. The Hall–Kier alpha value is -5.07. The number of ether oxygens (including phenoxy) is 2. The minimum atomic E-state index is -0.907. The van der Waals surface area contributed by atoms with Crippen LogP contribution in [0.5, 0.6) is 0 Å². The number of piperidine rings is 1. The number of hydrogen-bond donors (Lipinski definition) is 4. The first-order valence-corrected chi connectivity index (χ1v) is 18.9. The molecule has 282 valence electrons. The van der Waals surface area contributed by atoms with Crippen LogP contribution < -0.4 is 11.0 Å². The molecule has 0 radical (unpaired) electrons. The number of aromatic amines is 1. The zero-order valence-electron chi connectivity index (χ0n) is 30.5. The van der Waals surface area contributed by atoms with Gasteiger partial charge in [-0.1, -0.05) is 91.9 Å². The van der Waals surface area contributed by atoms with Crippen molar-refractivity contribution in [3.05, 3.63) is 130 Å². The Morgan fingerprint density at radius 1 is 0.870 bits per heavy atom. The van der Waals surface area contributed by atoms with Crippen molar-refractivity contribution in [2.45, 2.75) is 76.7 Å². The number of carboxylic acid groups (broad SMARTS) is 1. The van der Waals surface area contributed by atoms with Crippen LogP contribution in [0.25, 0.3) is 22.2 Å². The molecule has 2 fully saturated rings. The lowest BCUT2D eigenvalue weighted by molar-refractivity contribution is -0.276. The maximum atomic E-state index is 12.9. The largest absolute Gasteiger partial charge is 0.481 e. The summed E-state index contributed by atoms with van der Waals surface area (Å²) in [4.78, 5) is 41.5. The number of amides is 1. The smallest absolute Gasteiger partial charge is 0.326 e. The third-order valence-electron chi connectivity index (χ3n) is 10.9. The molecule has 4 N–H and O–H groups in total. The van der Waals surface area contributed by atoms with E-state index in [0.29, 0.717) is 13.0 Å². The summed E-state index contributed by atoms with van der Waals surface area (Å²) in [5.74, 6) is -1.04. The number of nitrogens with one attached hydrogen (secondary N) is 2. The lowest BCUT2D eigenvalue weighted by Gasteiger charge is -2.44. The predicted octanol–water partition coefficient (Wildman–Crippen LogP) is 6.49. The van der Waals surface area contributed by atoms with Crippen molar-refractivity contribution in [2.75, 3.05) is 19.6 Å². The number of aliphatic hydroxyl groups is 1. The van der Waals surface area contributed by atoms with Crippen LogP contribution in [0, 0.1) is 5.92 Å². The van der Waals surface area contributed by atoms with Gasteiger partial charge in [0.1, 0.15) is 0 Å². The second-order valence-electron chi connectivity index (χ2n) is 14.5. The Morgan fingerprint density at radius 3 is 2.31 bits per heavy atom. The number of rotatable bonds is 13. The first-order valence-electron chi connectivity index (χ1n) is 18.9. The number of aliphatic carboxylic acids is 1. The first kappa shape index (κ1) is 37.3. The van der Waals surface area contributed by atoms with Gasteiger partial charge in [-0.15, -0.1) is 0 Å². The van der Waals surface area contributed by atoms with Gasteiger partial charge < -0.3 is 34.9 Å². The van der Waals surface area contributed by atoms with E-state index in [4.69, 9.17) is 14.6 Å². The van der Waals surface area contributed by atoms with E-state index < -0.39 is 12.3 Å². The number of aliphatic hydroxyl groups excluding tert-OH is 1. The third kappa shape index (κ3) is 8.50. The molecule has 5 aromatic rings. The molecule has 1 amide bonds. The molecule has 11 heteroatoms. The second kappa shape index (κ2) is 16.9. The van der Waals surface area contributed by atoms with Gasteiger partial charge in [-0.2, -0.15) is 0 Å². The van der Waals surface area contributed by atoms with Gasteiger partial charge in [-0.25, -0.2) is 4.79 Å². The van der Waals surface area contributed by atoms with Crippen molar-refractivity contribution in [2.24, 2.45) is 5.92 Å². The van der Waals surface area contributed by atoms with E-state index in [0.717, 1.165) is 76.9 Å². The average molecular weight is 733 g/mol. The van der Waals surface area contributed by atoms with E-state index >= 15 is 0 Å². The normalized spacial score (nSPS) is 20.9. The first-order chi connectivity index (χ1) is 26.3. The molecule has 7 rings (SSSR count). The zero-order valence-corrected chi connectivity index (χ0v) is 30.5. The number of imidazole rings is 1. The number of carboxylic acids is 1. The Bertz CT molecular complexity index is 2100. The SMILES string of the molecule is C[C@@H]1[C@H](CN2CCC(n3c(=O)[nH]c4ccccc43)CC2)O[C@H](c2ccc(-c3ccccc3CNC(=O)CCCC(=O)O)cc2)O[C@@H]1c1ccc(CO)cc1. The molecular weight excluding hydrogens is 684 g/mol. The molecule has 0 unspecified atom stereocenters. The quantitative estimate of drug-likeness (QED) is 0.108. The fourth-order valence-electron chi connectivity index (χ4n) is 7.84. The molecule has 0 bridgehead atoms. The lowest BCUT2D eigenvalue weighted by atomic mass is 9.89. The maximum absolute atomic E-state index is 12.9. The molecule has 0 aliphatic carbocycles. The maximum Gasteiger partial charge on any atom is 0.326 e. The summed E-state index contributed by atoms with van der Waals surface area (Å²) in [6.45, 7) is 4.92. The monoisotopic (exact) mass is 732 g/mol. The number of carbonyl (C=O) groups is 2. The van der Waals surface area contributed by atoms with Crippen molar-refractivity contribution in [1.82, 2.24) is 19.8 Å². The van der Waals surface area contributed by atoms with Crippen LogP contribution in [0.3, 0.4) is 0 Å². The number of hydrogen-bond acceptors (Lipinski definition) is 7. The highest BCUT2D eigenvalue weighted by atomic mass is 16.7. The van der Waals surface area contributed by atoms with Crippen LogP contribution in [-0.4, -0.2) is 62.3 Å². The van der Waals surface area contributed by atoms with Gasteiger partial charge in [0.15, 0.2) is 6.29 Å². The molecule has 2 saturated heterocycles. The van der Waals surface area contributed by atoms with E-state index in [-0.39, 0.29) is 55.2 Å². The highest BCUT2D eigenvalue weighted by molar-refractivity contribution is 5.77. The number of fused-ring (bicyclic) bond motifs is 1. The van der Waals surface area contributed by atoms with Gasteiger partial charge in [-0.05, 0) is 59.2 Å². The molecule has 2 aliphatic rings. The van der Waals surface area contributed by atoms with Gasteiger partial charge in [0.25, 0.3) is 0 Å². The Kier molecular flexibility index (Phi) is 11.7. The molecule has 1 aromatic heterocycles. The molecule has 3 heterocycles. The molecule has 4 atom stereocenters. The second-order valence-corrected chi connectivity index (χ2v) is 14.5. The standard InChI is InChI=1S/C43H48N4O7/c1-28-38(26-46-23-21-34(22-24-46)47-37-10-5-4-9-36(37)45-43(47)52)53-42(54-41(28)31-15-13-29(27-48)14-16-31)32-19-17-30(18-20-32)35-8-3-2-7-33(35)25-44-39(49)11-6-12-40(50)51/h2-5,7-10,13-20,28,34,38,41-42,48H,6,11-12,21-27H2,1H3,(H,44,49)(H,45,52)(H,50,51)/t28-,38+,41+,42+/m1/s1. The summed E-state index contributed by atoms with van der Waals surface area (Å²) in [5, 5.41) is 21.5. The molecule has 54 heavy (non-hydrogen) atoms. The van der Waals surface area contributed by atoms with Gasteiger partial charge in [0, 0.05) is 56.5 Å². The molecule has 0 saturated carbocycles. The van der Waals surface area contributed by atoms with E-state index in [9.17, 15) is 19.5 Å². The zero-order chi connectivity index (χ0) is 37.6. The van der Waals surface area contributed by atoms with Crippen LogP contribution in [0.4, 0.5) is 0 Å². The van der Waals surface area contributed by atoms with Gasteiger partial charge in [0.2, 0.25) is 5.91 Å². The topological polar surface area (TPSA) is 146 Å². The van der Waals surface area contributed by atoms with Crippen molar-refractivity contribution in [3.63, 3.8) is 0 Å². The van der Waals surface area contributed by atoms with E-state index in [1.54, 1.807) is 0 Å². The van der Waals surface area contributed by atoms with Crippen LogP contribution in [0.2, 0.25) is 0 Å². The van der Waals surface area contributed by atoms with E-state index in [1.165, 1.54) is 0 Å². The van der Waals surface area contributed by atoms with Crippen LogP contribution in [0.15, 0.2) is 102 Å². The molecule has 0 spiro atoms.